The Hall–Kier alpha value is -2.82. The van der Waals surface area contributed by atoms with E-state index in [0.717, 1.165) is 24.0 Å². The van der Waals surface area contributed by atoms with Crippen LogP contribution in [0.25, 0.3) is 0 Å². The Morgan fingerprint density at radius 1 is 0.929 bits per heavy atom. The molecule has 1 amide bonds. The van der Waals surface area contributed by atoms with Crippen molar-refractivity contribution in [2.75, 3.05) is 0 Å². The molecule has 2 aromatic carbocycles. The number of ether oxygens (including phenoxy) is 2. The number of rotatable bonds is 9. The molecule has 0 radical (unpaired) electrons. The molecule has 0 unspecified atom stereocenters. The lowest BCUT2D eigenvalue weighted by Gasteiger charge is -2.18. The van der Waals surface area contributed by atoms with Crippen LogP contribution in [0.2, 0.25) is 0 Å². The molecule has 1 saturated carbocycles. The van der Waals surface area contributed by atoms with E-state index in [1.165, 1.54) is 0 Å². The van der Waals surface area contributed by atoms with E-state index in [-0.39, 0.29) is 13.2 Å². The van der Waals surface area contributed by atoms with Crippen LogP contribution in [-0.4, -0.2) is 18.1 Å². The minimum atomic E-state index is -0.687. The van der Waals surface area contributed by atoms with Gasteiger partial charge in [0.25, 0.3) is 0 Å². The Balaban J connectivity index is 1.53. The fraction of sp³-hybridized carbons (Fsp3) is 0.391. The lowest BCUT2D eigenvalue weighted by molar-refractivity contribution is -0.147. The predicted molar refractivity (Wildman–Crippen MR) is 106 cm³/mol. The number of benzene rings is 2. The van der Waals surface area contributed by atoms with Gasteiger partial charge in [-0.25, -0.2) is 9.59 Å². The molecule has 0 heterocycles. The first-order valence-electron chi connectivity index (χ1n) is 9.83. The van der Waals surface area contributed by atoms with Gasteiger partial charge in [-0.2, -0.15) is 0 Å². The molecule has 1 fully saturated rings. The number of alkyl carbamates (subject to hydrolysis) is 1. The van der Waals surface area contributed by atoms with Crippen LogP contribution in [0.5, 0.6) is 0 Å². The van der Waals surface area contributed by atoms with Crippen LogP contribution in [0.15, 0.2) is 60.7 Å². The van der Waals surface area contributed by atoms with Crippen molar-refractivity contribution >= 4 is 12.1 Å². The number of esters is 1. The minimum absolute atomic E-state index is 0.166. The number of nitrogens with one attached hydrogen (secondary N) is 1. The monoisotopic (exact) mass is 381 g/mol. The van der Waals surface area contributed by atoms with Gasteiger partial charge in [0.2, 0.25) is 0 Å². The third-order valence-corrected chi connectivity index (χ3v) is 5.15. The molecule has 3 rings (SSSR count). The third kappa shape index (κ3) is 6.12. The highest BCUT2D eigenvalue weighted by Gasteiger charge is 2.39. The Morgan fingerprint density at radius 2 is 1.50 bits per heavy atom. The van der Waals surface area contributed by atoms with Crippen molar-refractivity contribution in [3.05, 3.63) is 71.8 Å². The summed E-state index contributed by atoms with van der Waals surface area (Å²) in [4.78, 5) is 24.8. The Labute approximate surface area is 166 Å². The summed E-state index contributed by atoms with van der Waals surface area (Å²) >= 11 is 0. The summed E-state index contributed by atoms with van der Waals surface area (Å²) in [6.07, 6.45) is 2.18. The van der Waals surface area contributed by atoms with Crippen LogP contribution >= 0.6 is 0 Å². The zero-order valence-electron chi connectivity index (χ0n) is 16.2. The molecule has 5 nitrogen and oxygen atoms in total. The van der Waals surface area contributed by atoms with Gasteiger partial charge in [0.05, 0.1) is 0 Å². The van der Waals surface area contributed by atoms with Gasteiger partial charge in [0.1, 0.15) is 19.3 Å². The summed E-state index contributed by atoms with van der Waals surface area (Å²) in [5.41, 5.74) is 1.81. The van der Waals surface area contributed by atoms with Crippen LogP contribution in [-0.2, 0) is 27.5 Å². The first-order chi connectivity index (χ1) is 13.7. The highest BCUT2D eigenvalue weighted by Crippen LogP contribution is 2.44. The van der Waals surface area contributed by atoms with Crippen molar-refractivity contribution in [2.24, 2.45) is 11.8 Å². The summed E-state index contributed by atoms with van der Waals surface area (Å²) in [5.74, 6) is 0.669. The van der Waals surface area contributed by atoms with E-state index in [9.17, 15) is 9.59 Å². The maximum atomic E-state index is 12.6. The molecule has 1 aliphatic rings. The summed E-state index contributed by atoms with van der Waals surface area (Å²) in [7, 11) is 0. The van der Waals surface area contributed by atoms with Crippen molar-refractivity contribution in [1.82, 2.24) is 5.32 Å². The molecule has 0 saturated heterocycles. The Morgan fingerprint density at radius 3 is 2.04 bits per heavy atom. The highest BCUT2D eigenvalue weighted by molar-refractivity contribution is 5.81. The van der Waals surface area contributed by atoms with Gasteiger partial charge in [-0.15, -0.1) is 0 Å². The molecular weight excluding hydrogens is 354 g/mol. The molecule has 2 aromatic rings. The summed E-state index contributed by atoms with van der Waals surface area (Å²) in [6.45, 7) is 2.51. The van der Waals surface area contributed by atoms with Gasteiger partial charge in [0.15, 0.2) is 0 Å². The van der Waals surface area contributed by atoms with Gasteiger partial charge in [-0.3, -0.25) is 0 Å². The SMILES string of the molecule is CC[C@@H]1C[C@H]1C[C@H](NC(=O)OCc1ccccc1)C(=O)OCc1ccccc1. The van der Waals surface area contributed by atoms with Gasteiger partial charge in [-0.1, -0.05) is 74.0 Å². The molecule has 0 spiro atoms. The van der Waals surface area contributed by atoms with Crippen LogP contribution in [0.4, 0.5) is 4.79 Å². The average molecular weight is 381 g/mol. The van der Waals surface area contributed by atoms with Gasteiger partial charge < -0.3 is 14.8 Å². The quantitative estimate of drug-likeness (QED) is 0.651. The van der Waals surface area contributed by atoms with E-state index < -0.39 is 18.1 Å². The van der Waals surface area contributed by atoms with Gasteiger partial charge >= 0.3 is 12.1 Å². The molecule has 1 N–H and O–H groups in total. The number of hydrogen-bond acceptors (Lipinski definition) is 4. The van der Waals surface area contributed by atoms with Gasteiger partial charge in [0, 0.05) is 0 Å². The van der Waals surface area contributed by atoms with Crippen LogP contribution in [0.1, 0.15) is 37.3 Å². The second-order valence-corrected chi connectivity index (χ2v) is 7.25. The summed E-state index contributed by atoms with van der Waals surface area (Å²) in [6, 6.07) is 18.3. The van der Waals surface area contributed by atoms with E-state index in [0.29, 0.717) is 18.3 Å². The maximum Gasteiger partial charge on any atom is 0.408 e. The number of amides is 1. The molecule has 3 atom stereocenters. The van der Waals surface area contributed by atoms with Crippen molar-refractivity contribution < 1.29 is 19.1 Å². The predicted octanol–water partition coefficient (Wildman–Crippen LogP) is 4.46. The van der Waals surface area contributed by atoms with E-state index in [1.54, 1.807) is 0 Å². The number of carbonyl (C=O) groups excluding carboxylic acids is 2. The number of hydrogen-bond donors (Lipinski definition) is 1. The van der Waals surface area contributed by atoms with Crippen LogP contribution < -0.4 is 5.32 Å². The lowest BCUT2D eigenvalue weighted by atomic mass is 10.1. The molecule has 1 aliphatic carbocycles. The van der Waals surface area contributed by atoms with Crippen molar-refractivity contribution in [2.45, 2.75) is 45.4 Å². The van der Waals surface area contributed by atoms with E-state index >= 15 is 0 Å². The summed E-state index contributed by atoms with van der Waals surface area (Å²) < 4.78 is 10.7. The largest absolute Gasteiger partial charge is 0.459 e. The first-order valence-corrected chi connectivity index (χ1v) is 9.83. The Kier molecular flexibility index (Phi) is 7.06. The molecule has 28 heavy (non-hydrogen) atoms. The normalized spacial score (nSPS) is 18.8. The van der Waals surface area contributed by atoms with E-state index in [4.69, 9.17) is 9.47 Å². The van der Waals surface area contributed by atoms with Gasteiger partial charge in [-0.05, 0) is 35.8 Å². The molecule has 0 aliphatic heterocycles. The van der Waals surface area contributed by atoms with Crippen LogP contribution in [0, 0.1) is 11.8 Å². The molecular formula is C23H27NO4. The van der Waals surface area contributed by atoms with Crippen molar-refractivity contribution in [3.8, 4) is 0 Å². The Bertz CT molecular complexity index is 763. The second kappa shape index (κ2) is 9.93. The zero-order valence-corrected chi connectivity index (χ0v) is 16.2. The second-order valence-electron chi connectivity index (χ2n) is 7.25. The van der Waals surface area contributed by atoms with E-state index in [2.05, 4.69) is 12.2 Å². The first kappa shape index (κ1) is 19.9. The molecule has 5 heteroatoms. The molecule has 148 valence electrons. The van der Waals surface area contributed by atoms with Crippen molar-refractivity contribution in [1.29, 1.82) is 0 Å². The zero-order chi connectivity index (χ0) is 19.8. The topological polar surface area (TPSA) is 64.6 Å². The average Bonchev–Trinajstić information content (AvgIpc) is 3.49. The van der Waals surface area contributed by atoms with E-state index in [1.807, 2.05) is 60.7 Å². The maximum absolute atomic E-state index is 12.6. The fourth-order valence-corrected chi connectivity index (χ4v) is 3.35. The smallest absolute Gasteiger partial charge is 0.408 e. The fourth-order valence-electron chi connectivity index (χ4n) is 3.35. The number of carbonyl (C=O) groups is 2. The van der Waals surface area contributed by atoms with Crippen LogP contribution in [0.3, 0.4) is 0 Å². The van der Waals surface area contributed by atoms with Crippen molar-refractivity contribution in [3.63, 3.8) is 0 Å². The molecule has 0 bridgehead atoms. The summed E-state index contributed by atoms with van der Waals surface area (Å²) in [5, 5.41) is 2.70. The third-order valence-electron chi connectivity index (χ3n) is 5.15. The highest BCUT2D eigenvalue weighted by atomic mass is 16.6. The lowest BCUT2D eigenvalue weighted by Crippen LogP contribution is -2.42. The molecule has 0 aromatic heterocycles. The minimum Gasteiger partial charge on any atom is -0.459 e. The standard InChI is InChI=1S/C23H27NO4/c1-2-19-13-20(19)14-21(22(25)27-15-17-9-5-3-6-10-17)24-23(26)28-16-18-11-7-4-8-12-18/h3-12,19-21H,2,13-16H2,1H3,(H,24,26)/t19-,20+,21+/m1/s1.